The quantitative estimate of drug-likeness (QED) is 0.278. The van der Waals surface area contributed by atoms with E-state index in [4.69, 9.17) is 4.74 Å². The summed E-state index contributed by atoms with van der Waals surface area (Å²) in [7, 11) is 0. The maximum Gasteiger partial charge on any atom is 0.303 e. The summed E-state index contributed by atoms with van der Waals surface area (Å²) in [6, 6.07) is 30.6. The summed E-state index contributed by atoms with van der Waals surface area (Å²) in [5, 5.41) is 0. The van der Waals surface area contributed by atoms with Crippen LogP contribution >= 0.6 is 23.5 Å². The van der Waals surface area contributed by atoms with Crippen LogP contribution in [-0.2, 0) is 9.53 Å². The highest BCUT2D eigenvalue weighted by Crippen LogP contribution is 2.43. The monoisotopic (exact) mass is 420 g/mol. The molecule has 0 aromatic heterocycles. The van der Waals surface area contributed by atoms with Crippen molar-refractivity contribution in [3.63, 3.8) is 0 Å². The summed E-state index contributed by atoms with van der Waals surface area (Å²) in [6.07, 6.45) is 0.356. The lowest BCUT2D eigenvalue weighted by Gasteiger charge is -2.20. The predicted molar refractivity (Wildman–Crippen MR) is 123 cm³/mol. The molecule has 0 bridgehead atoms. The van der Waals surface area contributed by atoms with E-state index in [9.17, 15) is 4.79 Å². The van der Waals surface area contributed by atoms with E-state index in [0.29, 0.717) is 6.42 Å². The van der Waals surface area contributed by atoms with Gasteiger partial charge in [-0.3, -0.25) is 4.79 Å². The third-order valence-electron chi connectivity index (χ3n) is 4.23. The van der Waals surface area contributed by atoms with Crippen molar-refractivity contribution < 1.29 is 9.53 Å². The fraction of sp³-hybridized carbons (Fsp3) is 0.160. The first-order valence-corrected chi connectivity index (χ1v) is 11.1. The Morgan fingerprint density at radius 2 is 1.21 bits per heavy atom. The molecule has 0 N–H and O–H groups in total. The summed E-state index contributed by atoms with van der Waals surface area (Å²) in [5.41, 5.74) is 2.21. The number of thioether (sulfide) groups is 2. The molecule has 0 heterocycles. The zero-order valence-corrected chi connectivity index (χ0v) is 18.2. The minimum Gasteiger partial charge on any atom is -0.457 e. The highest BCUT2D eigenvalue weighted by atomic mass is 32.2. The van der Waals surface area contributed by atoms with Crippen LogP contribution in [0.4, 0.5) is 0 Å². The number of benzene rings is 3. The van der Waals surface area contributed by atoms with Gasteiger partial charge >= 0.3 is 5.97 Å². The highest BCUT2D eigenvalue weighted by molar-refractivity contribution is 8.22. The van der Waals surface area contributed by atoms with Crippen LogP contribution in [-0.4, -0.2) is 5.97 Å². The Morgan fingerprint density at radius 3 is 1.66 bits per heavy atom. The van der Waals surface area contributed by atoms with Gasteiger partial charge in [-0.15, -0.1) is 0 Å². The third kappa shape index (κ3) is 6.84. The second-order valence-electron chi connectivity index (χ2n) is 6.61. The summed E-state index contributed by atoms with van der Waals surface area (Å²) in [4.78, 5) is 14.1. The fourth-order valence-electron chi connectivity index (χ4n) is 2.84. The lowest BCUT2D eigenvalue weighted by Crippen LogP contribution is -2.09. The Bertz CT molecular complexity index is 895. The molecule has 4 heteroatoms. The van der Waals surface area contributed by atoms with E-state index in [1.54, 1.807) is 23.5 Å². The second-order valence-corrected chi connectivity index (χ2v) is 9.04. The number of esters is 1. The number of carbonyl (C=O) groups excluding carboxylic acids is 1. The Labute approximate surface area is 181 Å². The van der Waals surface area contributed by atoms with E-state index < -0.39 is 0 Å². The minimum absolute atomic E-state index is 0.264. The van der Waals surface area contributed by atoms with Crippen molar-refractivity contribution in [2.45, 2.75) is 36.2 Å². The number of rotatable bonds is 8. The van der Waals surface area contributed by atoms with Crippen molar-refractivity contribution >= 4 is 29.5 Å². The molecule has 3 rings (SSSR count). The Balaban J connectivity index is 1.90. The van der Waals surface area contributed by atoms with E-state index in [1.165, 1.54) is 26.5 Å². The van der Waals surface area contributed by atoms with Gasteiger partial charge in [0, 0.05) is 27.4 Å². The summed E-state index contributed by atoms with van der Waals surface area (Å²) in [5.74, 6) is -0.264. The molecule has 0 aliphatic rings. The molecule has 0 fully saturated rings. The first-order chi connectivity index (χ1) is 14.1. The molecule has 0 saturated carbocycles. The molecule has 0 aliphatic heterocycles. The molecule has 0 unspecified atom stereocenters. The van der Waals surface area contributed by atoms with E-state index in [-0.39, 0.29) is 12.1 Å². The number of ether oxygens (including phenoxy) is 1. The number of hydrogen-bond acceptors (Lipinski definition) is 4. The number of hydrogen-bond donors (Lipinski definition) is 0. The van der Waals surface area contributed by atoms with Crippen molar-refractivity contribution in [1.29, 1.82) is 0 Å². The van der Waals surface area contributed by atoms with Gasteiger partial charge < -0.3 is 4.74 Å². The van der Waals surface area contributed by atoms with Crippen LogP contribution in [0.25, 0.3) is 0 Å². The van der Waals surface area contributed by atoms with Crippen LogP contribution in [0.3, 0.4) is 0 Å². The van der Waals surface area contributed by atoms with Crippen LogP contribution < -0.4 is 0 Å². The minimum atomic E-state index is -0.295. The number of carbonyl (C=O) groups is 1. The van der Waals surface area contributed by atoms with Crippen molar-refractivity contribution in [3.05, 3.63) is 106 Å². The van der Waals surface area contributed by atoms with Gasteiger partial charge in [0.1, 0.15) is 6.10 Å². The lowest BCUT2D eigenvalue weighted by molar-refractivity contribution is -0.146. The Hall–Kier alpha value is -2.43. The van der Waals surface area contributed by atoms with Gasteiger partial charge in [-0.2, -0.15) is 0 Å². The molecule has 2 nitrogen and oxygen atoms in total. The van der Waals surface area contributed by atoms with Crippen molar-refractivity contribution in [2.24, 2.45) is 0 Å². The first kappa shape index (κ1) is 21.3. The Morgan fingerprint density at radius 1 is 0.759 bits per heavy atom. The van der Waals surface area contributed by atoms with Gasteiger partial charge in [0.2, 0.25) is 0 Å². The van der Waals surface area contributed by atoms with Gasteiger partial charge in [-0.1, -0.05) is 90.3 Å². The van der Waals surface area contributed by atoms with E-state index in [2.05, 4.69) is 31.2 Å². The lowest BCUT2D eigenvalue weighted by atomic mass is 10.0. The molecule has 0 amide bonds. The molecule has 148 valence electrons. The van der Waals surface area contributed by atoms with Crippen molar-refractivity contribution in [3.8, 4) is 0 Å². The molecular weight excluding hydrogens is 396 g/mol. The maximum absolute atomic E-state index is 11.7. The molecule has 0 saturated heterocycles. The van der Waals surface area contributed by atoms with Crippen LogP contribution in [0.5, 0.6) is 0 Å². The molecule has 0 radical (unpaired) electrons. The van der Waals surface area contributed by atoms with Gasteiger partial charge in [0.05, 0.1) is 0 Å². The molecular formula is C25H24O2S2. The second kappa shape index (κ2) is 10.9. The molecule has 3 aromatic rings. The standard InChI is InChI=1S/C25H24O2S2/c1-19(18-24(27-20(2)26)21-12-6-3-7-13-21)25(28-22-14-8-4-9-15-22)29-23-16-10-5-11-17-23/h3-17,24H,18H2,1-2H3/t24-/m1/s1. The average molecular weight is 421 g/mol. The molecule has 0 aliphatic carbocycles. The van der Waals surface area contributed by atoms with E-state index in [0.717, 1.165) is 5.56 Å². The molecule has 0 spiro atoms. The smallest absolute Gasteiger partial charge is 0.303 e. The maximum atomic E-state index is 11.7. The molecule has 1 atom stereocenters. The van der Waals surface area contributed by atoms with Gasteiger partial charge in [-0.05, 0) is 42.3 Å². The highest BCUT2D eigenvalue weighted by Gasteiger charge is 2.18. The SMILES string of the molecule is CC(=O)O[C@H](CC(C)=C(Sc1ccccc1)Sc1ccccc1)c1ccccc1. The summed E-state index contributed by atoms with van der Waals surface area (Å²) < 4.78 is 6.87. The van der Waals surface area contributed by atoms with Crippen LogP contribution in [0.2, 0.25) is 0 Å². The van der Waals surface area contributed by atoms with Crippen LogP contribution in [0.15, 0.2) is 111 Å². The third-order valence-corrected chi connectivity index (χ3v) is 6.81. The Kier molecular flexibility index (Phi) is 8.03. The van der Waals surface area contributed by atoms with Crippen molar-refractivity contribution in [1.82, 2.24) is 0 Å². The predicted octanol–water partition coefficient (Wildman–Crippen LogP) is 7.50. The summed E-state index contributed by atoms with van der Waals surface area (Å²) in [6.45, 7) is 3.59. The van der Waals surface area contributed by atoms with Gasteiger partial charge in [0.15, 0.2) is 0 Å². The van der Waals surface area contributed by atoms with Crippen molar-refractivity contribution in [2.75, 3.05) is 0 Å². The van der Waals surface area contributed by atoms with Crippen LogP contribution in [0.1, 0.15) is 31.9 Å². The zero-order valence-electron chi connectivity index (χ0n) is 16.6. The largest absolute Gasteiger partial charge is 0.457 e. The average Bonchev–Trinajstić information content (AvgIpc) is 2.74. The first-order valence-electron chi connectivity index (χ1n) is 9.49. The zero-order chi connectivity index (χ0) is 20.5. The van der Waals surface area contributed by atoms with E-state index >= 15 is 0 Å². The van der Waals surface area contributed by atoms with Gasteiger partial charge in [-0.25, -0.2) is 0 Å². The normalized spacial score (nSPS) is 11.5. The summed E-state index contributed by atoms with van der Waals surface area (Å²) >= 11 is 3.50. The topological polar surface area (TPSA) is 26.3 Å². The van der Waals surface area contributed by atoms with Crippen LogP contribution in [0, 0.1) is 0 Å². The molecule has 29 heavy (non-hydrogen) atoms. The molecule has 3 aromatic carbocycles. The van der Waals surface area contributed by atoms with E-state index in [1.807, 2.05) is 66.7 Å². The fourth-order valence-corrected chi connectivity index (χ4v) is 5.12. The van der Waals surface area contributed by atoms with Gasteiger partial charge in [0.25, 0.3) is 0 Å².